The van der Waals surface area contributed by atoms with Gasteiger partial charge in [0.25, 0.3) is 0 Å². The molecule has 0 saturated heterocycles. The van der Waals surface area contributed by atoms with Crippen molar-refractivity contribution in [2.45, 2.75) is 37.3 Å². The molecule has 0 amide bonds. The molecule has 7 rings (SSSR count). The summed E-state index contributed by atoms with van der Waals surface area (Å²) in [7, 11) is 0. The van der Waals surface area contributed by atoms with Gasteiger partial charge in [0.15, 0.2) is 46.7 Å². The Labute approximate surface area is 290 Å². The third-order valence-corrected chi connectivity index (χ3v) is 9.03. The van der Waals surface area contributed by atoms with Gasteiger partial charge in [0.05, 0.1) is 17.1 Å². The smallest absolute Gasteiger partial charge is 0.338 e. The second-order valence-corrected chi connectivity index (χ2v) is 12.3. The number of benzene rings is 4. The monoisotopic (exact) mass is 716 g/mol. The second-order valence-electron chi connectivity index (χ2n) is 12.3. The van der Waals surface area contributed by atoms with Gasteiger partial charge < -0.3 is 70.4 Å². The molecule has 16 nitrogen and oxygen atoms in total. The summed E-state index contributed by atoms with van der Waals surface area (Å²) in [5.41, 5.74) is -1.85. The Bertz CT molecular complexity index is 2370. The quantitative estimate of drug-likeness (QED) is 0.0940. The fourth-order valence-electron chi connectivity index (χ4n) is 6.54. The molecule has 52 heavy (non-hydrogen) atoms. The summed E-state index contributed by atoms with van der Waals surface area (Å²) in [5.74, 6) is -8.29. The number of carbonyl (C=O) groups is 1. The first-order chi connectivity index (χ1) is 24.6. The maximum absolute atomic E-state index is 14.0. The van der Waals surface area contributed by atoms with Crippen molar-refractivity contribution in [2.75, 3.05) is 0 Å². The molecular weight excluding hydrogens is 688 g/mol. The SMILES string of the molecule is O=C(OC1Cc2c(O)cc(O)cc2OC1c1ccc2c(C3Oc4cc(O)cc(O)c4CC3O)cc(O)c(O)c2c(=O)c1O)c1cc(O)c(O)c(O)c1. The van der Waals surface area contributed by atoms with Crippen molar-refractivity contribution in [2.24, 2.45) is 0 Å². The lowest BCUT2D eigenvalue weighted by Crippen LogP contribution is -2.35. The van der Waals surface area contributed by atoms with Crippen LogP contribution in [0.1, 0.15) is 44.8 Å². The zero-order valence-corrected chi connectivity index (χ0v) is 26.4. The van der Waals surface area contributed by atoms with Gasteiger partial charge in [-0.05, 0) is 23.6 Å². The molecular formula is C36H28O16. The van der Waals surface area contributed by atoms with Crippen molar-refractivity contribution in [1.29, 1.82) is 0 Å². The fraction of sp³-hybridized carbons (Fsp3) is 0.167. The van der Waals surface area contributed by atoms with E-state index in [1.807, 2.05) is 0 Å². The van der Waals surface area contributed by atoms with Crippen molar-refractivity contribution in [1.82, 2.24) is 0 Å². The molecule has 0 radical (unpaired) electrons. The van der Waals surface area contributed by atoms with Gasteiger partial charge in [0.2, 0.25) is 5.43 Å². The minimum absolute atomic E-state index is 0.0135. The highest BCUT2D eigenvalue weighted by Gasteiger charge is 2.39. The zero-order chi connectivity index (χ0) is 37.3. The highest BCUT2D eigenvalue weighted by Crippen LogP contribution is 2.48. The maximum Gasteiger partial charge on any atom is 0.338 e. The van der Waals surface area contributed by atoms with Gasteiger partial charge >= 0.3 is 5.97 Å². The Morgan fingerprint density at radius 1 is 0.615 bits per heavy atom. The normalized spacial score (nSPS) is 19.2. The Kier molecular flexibility index (Phi) is 7.83. The third kappa shape index (κ3) is 5.47. The lowest BCUT2D eigenvalue weighted by atomic mass is 9.91. The molecule has 2 aliphatic heterocycles. The number of aliphatic hydroxyl groups is 1. The van der Waals surface area contributed by atoms with Gasteiger partial charge in [0.1, 0.15) is 40.6 Å². The number of hydrogen-bond acceptors (Lipinski definition) is 16. The minimum atomic E-state index is -1.58. The Morgan fingerprint density at radius 3 is 1.79 bits per heavy atom. The highest BCUT2D eigenvalue weighted by molar-refractivity contribution is 5.94. The number of fused-ring (bicyclic) bond motifs is 3. The summed E-state index contributed by atoms with van der Waals surface area (Å²) in [4.78, 5) is 27.3. The van der Waals surface area contributed by atoms with Crippen LogP contribution in [0, 0.1) is 0 Å². The molecule has 11 N–H and O–H groups in total. The van der Waals surface area contributed by atoms with Crippen molar-refractivity contribution in [3.05, 3.63) is 92.6 Å². The molecule has 268 valence electrons. The summed E-state index contributed by atoms with van der Waals surface area (Å²) in [6.45, 7) is 0. The summed E-state index contributed by atoms with van der Waals surface area (Å²) < 4.78 is 17.6. The molecule has 0 bridgehead atoms. The summed E-state index contributed by atoms with van der Waals surface area (Å²) in [6, 6.07) is 9.43. The van der Waals surface area contributed by atoms with E-state index in [-0.39, 0.29) is 63.5 Å². The molecule has 16 heteroatoms. The topological polar surface area (TPSA) is 284 Å². The molecule has 5 aromatic carbocycles. The van der Waals surface area contributed by atoms with Crippen LogP contribution in [0.25, 0.3) is 10.8 Å². The van der Waals surface area contributed by atoms with Crippen LogP contribution in [0.5, 0.6) is 69.0 Å². The van der Waals surface area contributed by atoms with E-state index in [0.717, 1.165) is 36.4 Å². The Hall–Kier alpha value is -6.94. The van der Waals surface area contributed by atoms with E-state index in [2.05, 4.69) is 0 Å². The Balaban J connectivity index is 1.38. The molecule has 0 aliphatic carbocycles. The average Bonchev–Trinajstić information content (AvgIpc) is 3.21. The van der Waals surface area contributed by atoms with Gasteiger partial charge in [-0.25, -0.2) is 4.79 Å². The molecule has 0 fully saturated rings. The number of aliphatic hydroxyl groups excluding tert-OH is 1. The number of rotatable bonds is 4. The van der Waals surface area contributed by atoms with E-state index in [1.54, 1.807) is 0 Å². The predicted octanol–water partition coefficient (Wildman–Crippen LogP) is 3.19. The molecule has 5 aromatic rings. The van der Waals surface area contributed by atoms with E-state index in [4.69, 9.17) is 14.2 Å². The number of phenols is 9. The first-order valence-electron chi connectivity index (χ1n) is 15.4. The van der Waals surface area contributed by atoms with Crippen LogP contribution in [-0.2, 0) is 17.6 Å². The summed E-state index contributed by atoms with van der Waals surface area (Å²) >= 11 is 0. The number of carbonyl (C=O) groups excluding carboxylic acids is 1. The van der Waals surface area contributed by atoms with Gasteiger partial charge in [-0.3, -0.25) is 4.79 Å². The van der Waals surface area contributed by atoms with Crippen molar-refractivity contribution >= 4 is 16.7 Å². The second kappa shape index (κ2) is 12.1. The van der Waals surface area contributed by atoms with Crippen LogP contribution >= 0.6 is 0 Å². The van der Waals surface area contributed by atoms with Crippen LogP contribution in [0.4, 0.5) is 0 Å². The molecule has 4 unspecified atom stereocenters. The summed E-state index contributed by atoms with van der Waals surface area (Å²) in [6.07, 6.45) is -6.34. The molecule has 4 atom stereocenters. The Morgan fingerprint density at radius 2 is 1.17 bits per heavy atom. The lowest BCUT2D eigenvalue weighted by Gasteiger charge is -2.33. The highest BCUT2D eigenvalue weighted by atomic mass is 16.6. The van der Waals surface area contributed by atoms with Crippen molar-refractivity contribution in [3.8, 4) is 69.0 Å². The van der Waals surface area contributed by atoms with Crippen LogP contribution in [-0.4, -0.2) is 74.3 Å². The minimum Gasteiger partial charge on any atom is -0.508 e. The van der Waals surface area contributed by atoms with Crippen molar-refractivity contribution in [3.63, 3.8) is 0 Å². The molecule has 0 spiro atoms. The van der Waals surface area contributed by atoms with Crippen molar-refractivity contribution < 1.29 is 75.2 Å². The van der Waals surface area contributed by atoms with Gasteiger partial charge in [-0.2, -0.15) is 0 Å². The third-order valence-electron chi connectivity index (χ3n) is 9.03. The first kappa shape index (κ1) is 33.6. The van der Waals surface area contributed by atoms with E-state index < -0.39 is 92.8 Å². The number of aromatic hydroxyl groups is 10. The number of ether oxygens (including phenoxy) is 3. The van der Waals surface area contributed by atoms with Gasteiger partial charge in [0, 0.05) is 59.4 Å². The average molecular weight is 717 g/mol. The zero-order valence-electron chi connectivity index (χ0n) is 26.4. The number of esters is 1. The van der Waals surface area contributed by atoms with E-state index in [9.17, 15) is 65.8 Å². The molecule has 2 aliphatic rings. The lowest BCUT2D eigenvalue weighted by molar-refractivity contribution is -0.0195. The molecule has 2 heterocycles. The van der Waals surface area contributed by atoms with E-state index >= 15 is 0 Å². The predicted molar refractivity (Wildman–Crippen MR) is 176 cm³/mol. The molecule has 0 aromatic heterocycles. The number of hydrogen-bond donors (Lipinski definition) is 11. The van der Waals surface area contributed by atoms with Crippen LogP contribution in [0.15, 0.2) is 59.4 Å². The van der Waals surface area contributed by atoms with Gasteiger partial charge in [-0.15, -0.1) is 0 Å². The van der Waals surface area contributed by atoms with Crippen LogP contribution in [0.2, 0.25) is 0 Å². The summed E-state index contributed by atoms with van der Waals surface area (Å²) in [5, 5.41) is 114. The first-order valence-corrected chi connectivity index (χ1v) is 15.4. The van der Waals surface area contributed by atoms with Gasteiger partial charge in [-0.1, -0.05) is 12.1 Å². The van der Waals surface area contributed by atoms with Crippen LogP contribution < -0.4 is 14.9 Å². The fourth-order valence-corrected chi connectivity index (χ4v) is 6.54. The number of phenolic OH excluding ortho intramolecular Hbond substituents is 9. The molecule has 0 saturated carbocycles. The van der Waals surface area contributed by atoms with E-state index in [1.165, 1.54) is 18.2 Å². The maximum atomic E-state index is 14.0. The van der Waals surface area contributed by atoms with E-state index in [0.29, 0.717) is 0 Å². The van der Waals surface area contributed by atoms with Crippen LogP contribution in [0.3, 0.4) is 0 Å². The largest absolute Gasteiger partial charge is 0.508 e. The standard InChI is InChI=1S/C36H28O16/c37-13-5-20(39)18-10-25(44)34(50-26(18)7-13)17-9-24(43)32(47)29-15(17)1-2-16(30(45)33(29)48)35-28(11-19-21(40)6-14(38)8-27(19)51-35)52-36(49)12-3-22(41)31(46)23(42)4-12/h1-9,25,28,34-35,37-44,46-47H,10-11H2,(H,45,48).